The first kappa shape index (κ1) is 20.3. The van der Waals surface area contributed by atoms with Gasteiger partial charge < -0.3 is 10.3 Å². The SMILES string of the molecule is CN1C(=O)[C@H](NC(=O)c2nnc(Cc3cccc(F)c3F)[nH]2)CCn2nc(C3CC3)cc21. The number of nitrogens with one attached hydrogen (secondary N) is 2. The van der Waals surface area contributed by atoms with Crippen molar-refractivity contribution in [2.24, 2.45) is 0 Å². The van der Waals surface area contributed by atoms with Crippen molar-refractivity contribution in [3.63, 3.8) is 0 Å². The number of likely N-dealkylation sites (N-methyl/N-ethyl adjacent to an activating group) is 1. The molecule has 1 atom stereocenters. The van der Waals surface area contributed by atoms with Crippen molar-refractivity contribution in [1.82, 2.24) is 30.3 Å². The van der Waals surface area contributed by atoms with Gasteiger partial charge in [-0.3, -0.25) is 14.5 Å². The van der Waals surface area contributed by atoms with Gasteiger partial charge in [0.2, 0.25) is 5.82 Å². The molecule has 3 aromatic rings. The Morgan fingerprint density at radius 3 is 2.84 bits per heavy atom. The van der Waals surface area contributed by atoms with E-state index in [1.807, 2.05) is 6.07 Å². The number of rotatable bonds is 5. The lowest BCUT2D eigenvalue weighted by Crippen LogP contribution is -2.47. The number of carbonyl (C=O) groups is 2. The lowest BCUT2D eigenvalue weighted by molar-refractivity contribution is -0.120. The molecule has 11 heteroatoms. The Hall–Kier alpha value is -3.63. The zero-order chi connectivity index (χ0) is 22.4. The van der Waals surface area contributed by atoms with Crippen LogP contribution in [-0.2, 0) is 17.8 Å². The highest BCUT2D eigenvalue weighted by Crippen LogP contribution is 2.40. The molecule has 0 unspecified atom stereocenters. The fourth-order valence-corrected chi connectivity index (χ4v) is 3.87. The molecule has 3 heterocycles. The van der Waals surface area contributed by atoms with E-state index in [0.717, 1.165) is 24.6 Å². The number of hydrogen-bond acceptors (Lipinski definition) is 5. The number of H-pyrrole nitrogens is 1. The molecule has 2 amide bonds. The van der Waals surface area contributed by atoms with Crippen molar-refractivity contribution < 1.29 is 18.4 Å². The topological polar surface area (TPSA) is 109 Å². The third kappa shape index (κ3) is 3.74. The first-order chi connectivity index (χ1) is 15.4. The van der Waals surface area contributed by atoms with Crippen LogP contribution in [0.4, 0.5) is 14.6 Å². The summed E-state index contributed by atoms with van der Waals surface area (Å²) in [5, 5.41) is 14.9. The maximum atomic E-state index is 13.9. The van der Waals surface area contributed by atoms with Crippen molar-refractivity contribution in [3.8, 4) is 0 Å². The molecule has 1 saturated carbocycles. The summed E-state index contributed by atoms with van der Waals surface area (Å²) in [5.74, 6) is -1.48. The van der Waals surface area contributed by atoms with Crippen LogP contribution < -0.4 is 10.2 Å². The predicted molar refractivity (Wildman–Crippen MR) is 109 cm³/mol. The molecule has 0 radical (unpaired) electrons. The van der Waals surface area contributed by atoms with E-state index in [4.69, 9.17) is 0 Å². The van der Waals surface area contributed by atoms with Crippen molar-refractivity contribution >= 4 is 17.6 Å². The predicted octanol–water partition coefficient (Wildman–Crippen LogP) is 1.91. The molecule has 1 aliphatic carbocycles. The Balaban J connectivity index is 1.26. The number of amides is 2. The van der Waals surface area contributed by atoms with Gasteiger partial charge in [0.15, 0.2) is 11.6 Å². The number of aromatic amines is 1. The molecule has 32 heavy (non-hydrogen) atoms. The van der Waals surface area contributed by atoms with Crippen LogP contribution in [0.25, 0.3) is 0 Å². The molecule has 2 aromatic heterocycles. The van der Waals surface area contributed by atoms with Crippen molar-refractivity contribution in [3.05, 3.63) is 58.8 Å². The summed E-state index contributed by atoms with van der Waals surface area (Å²) in [6.07, 6.45) is 2.57. The monoisotopic (exact) mass is 441 g/mol. The number of anilines is 1. The smallest absolute Gasteiger partial charge is 0.289 e. The maximum absolute atomic E-state index is 13.9. The third-order valence-corrected chi connectivity index (χ3v) is 5.82. The summed E-state index contributed by atoms with van der Waals surface area (Å²) in [7, 11) is 1.66. The normalized spacial score (nSPS) is 18.4. The number of benzene rings is 1. The molecule has 166 valence electrons. The number of fused-ring (bicyclic) bond motifs is 1. The van der Waals surface area contributed by atoms with Gasteiger partial charge in [0.05, 0.1) is 5.69 Å². The van der Waals surface area contributed by atoms with E-state index < -0.39 is 23.6 Å². The summed E-state index contributed by atoms with van der Waals surface area (Å²) in [6, 6.07) is 5.03. The minimum Gasteiger partial charge on any atom is -0.337 e. The van der Waals surface area contributed by atoms with E-state index in [1.165, 1.54) is 17.0 Å². The quantitative estimate of drug-likeness (QED) is 0.629. The first-order valence-corrected chi connectivity index (χ1v) is 10.4. The van der Waals surface area contributed by atoms with Gasteiger partial charge in [-0.25, -0.2) is 13.5 Å². The molecular weight excluding hydrogens is 420 g/mol. The lowest BCUT2D eigenvalue weighted by atomic mass is 10.1. The number of nitrogens with zero attached hydrogens (tertiary/aromatic N) is 5. The van der Waals surface area contributed by atoms with Gasteiger partial charge in [0.25, 0.3) is 11.8 Å². The lowest BCUT2D eigenvalue weighted by Gasteiger charge is -2.20. The van der Waals surface area contributed by atoms with Crippen molar-refractivity contribution in [2.45, 2.75) is 44.2 Å². The van der Waals surface area contributed by atoms with Gasteiger partial charge in [0, 0.05) is 32.0 Å². The minimum atomic E-state index is -0.968. The highest BCUT2D eigenvalue weighted by molar-refractivity contribution is 6.00. The zero-order valence-corrected chi connectivity index (χ0v) is 17.3. The number of aromatic nitrogens is 5. The first-order valence-electron chi connectivity index (χ1n) is 10.4. The second-order valence-corrected chi connectivity index (χ2v) is 8.15. The van der Waals surface area contributed by atoms with Crippen LogP contribution in [0.2, 0.25) is 0 Å². The number of hydrogen-bond donors (Lipinski definition) is 2. The maximum Gasteiger partial charge on any atom is 0.289 e. The van der Waals surface area contributed by atoms with Crippen molar-refractivity contribution in [1.29, 1.82) is 0 Å². The molecular formula is C21H21F2N7O2. The number of aryl methyl sites for hydroxylation is 1. The Labute approximate surface area is 181 Å². The van der Waals surface area contributed by atoms with Gasteiger partial charge in [-0.2, -0.15) is 5.10 Å². The molecule has 0 saturated heterocycles. The number of carbonyl (C=O) groups excluding carboxylic acids is 2. The zero-order valence-electron chi connectivity index (χ0n) is 17.3. The van der Waals surface area contributed by atoms with E-state index >= 15 is 0 Å². The summed E-state index contributed by atoms with van der Waals surface area (Å²) >= 11 is 0. The van der Waals surface area contributed by atoms with Crippen LogP contribution >= 0.6 is 0 Å². The van der Waals surface area contributed by atoms with E-state index in [1.54, 1.807) is 11.7 Å². The Kier molecular flexibility index (Phi) is 4.95. The van der Waals surface area contributed by atoms with Gasteiger partial charge >= 0.3 is 0 Å². The van der Waals surface area contributed by atoms with Crippen LogP contribution in [-0.4, -0.2) is 49.9 Å². The van der Waals surface area contributed by atoms with Gasteiger partial charge in [-0.05, 0) is 30.9 Å². The van der Waals surface area contributed by atoms with Crippen LogP contribution in [0, 0.1) is 11.6 Å². The highest BCUT2D eigenvalue weighted by atomic mass is 19.2. The van der Waals surface area contributed by atoms with Gasteiger partial charge in [-0.15, -0.1) is 10.2 Å². The van der Waals surface area contributed by atoms with Gasteiger partial charge in [0.1, 0.15) is 17.7 Å². The molecule has 0 spiro atoms. The molecule has 1 fully saturated rings. The average molecular weight is 441 g/mol. The molecule has 2 N–H and O–H groups in total. The van der Waals surface area contributed by atoms with Crippen molar-refractivity contribution in [2.75, 3.05) is 11.9 Å². The fraction of sp³-hybridized carbons (Fsp3) is 0.381. The average Bonchev–Trinajstić information content (AvgIpc) is 3.39. The molecule has 2 aliphatic rings. The second kappa shape index (κ2) is 7.81. The Morgan fingerprint density at radius 1 is 1.25 bits per heavy atom. The van der Waals surface area contributed by atoms with E-state index in [0.29, 0.717) is 24.7 Å². The highest BCUT2D eigenvalue weighted by Gasteiger charge is 2.34. The molecule has 1 aliphatic heterocycles. The van der Waals surface area contributed by atoms with Crippen LogP contribution in [0.3, 0.4) is 0 Å². The summed E-state index contributed by atoms with van der Waals surface area (Å²) in [6.45, 7) is 0.490. The molecule has 5 rings (SSSR count). The fourth-order valence-electron chi connectivity index (χ4n) is 3.87. The summed E-state index contributed by atoms with van der Waals surface area (Å²) < 4.78 is 29.1. The Bertz CT molecular complexity index is 1200. The molecule has 9 nitrogen and oxygen atoms in total. The van der Waals surface area contributed by atoms with E-state index in [-0.39, 0.29) is 29.5 Å². The largest absolute Gasteiger partial charge is 0.337 e. The summed E-state index contributed by atoms with van der Waals surface area (Å²) in [4.78, 5) is 29.8. The molecule has 0 bridgehead atoms. The third-order valence-electron chi connectivity index (χ3n) is 5.82. The van der Waals surface area contributed by atoms with Crippen LogP contribution in [0.1, 0.15) is 52.9 Å². The van der Waals surface area contributed by atoms with Crippen LogP contribution in [0.15, 0.2) is 24.3 Å². The number of halogens is 2. The minimum absolute atomic E-state index is 0.0561. The van der Waals surface area contributed by atoms with Gasteiger partial charge in [-0.1, -0.05) is 12.1 Å². The van der Waals surface area contributed by atoms with E-state index in [2.05, 4.69) is 25.6 Å². The second-order valence-electron chi connectivity index (χ2n) is 8.15. The standard InChI is InChI=1S/C21H21F2N7O2/c1-29-17-10-15(11-5-6-11)28-30(17)8-7-14(21(29)32)24-20(31)19-25-16(26-27-19)9-12-3-2-4-13(22)18(12)23/h2-4,10-11,14H,5-9H2,1H3,(H,24,31)(H,25,26,27)/t14-/m1/s1. The van der Waals surface area contributed by atoms with Crippen LogP contribution in [0.5, 0.6) is 0 Å². The van der Waals surface area contributed by atoms with E-state index in [9.17, 15) is 18.4 Å². The molecule has 1 aromatic carbocycles. The Morgan fingerprint density at radius 2 is 2.06 bits per heavy atom. The summed E-state index contributed by atoms with van der Waals surface area (Å²) in [5.41, 5.74) is 1.10.